The third-order valence-electron chi connectivity index (χ3n) is 3.89. The van der Waals surface area contributed by atoms with Crippen molar-refractivity contribution in [1.29, 1.82) is 5.26 Å². The Labute approximate surface area is 164 Å². The molecular formula is C20H15F2N3O2S. The zero-order valence-electron chi connectivity index (χ0n) is 15.0. The third kappa shape index (κ3) is 4.32. The van der Waals surface area contributed by atoms with Gasteiger partial charge in [0.2, 0.25) is 0 Å². The van der Waals surface area contributed by atoms with Gasteiger partial charge in [0.15, 0.2) is 22.9 Å². The summed E-state index contributed by atoms with van der Waals surface area (Å²) in [6.45, 7) is 3.37. The molecule has 5 nitrogen and oxygen atoms in total. The number of benzene rings is 2. The van der Waals surface area contributed by atoms with Gasteiger partial charge in [-0.3, -0.25) is 10.1 Å². The molecule has 1 atom stereocenters. The third-order valence-corrected chi connectivity index (χ3v) is 4.77. The Morgan fingerprint density at radius 2 is 1.93 bits per heavy atom. The second kappa shape index (κ2) is 8.15. The number of carbonyl (C=O) groups is 1. The Hall–Kier alpha value is -3.31. The summed E-state index contributed by atoms with van der Waals surface area (Å²) in [5.41, 5.74) is 1.39. The van der Waals surface area contributed by atoms with Crippen LogP contribution in [0, 0.1) is 29.9 Å². The van der Waals surface area contributed by atoms with E-state index in [9.17, 15) is 13.6 Å². The SMILES string of the molecule is Cc1sc(NC(=O)[C@@H](C)Oc2ccc(C#N)cc2)nc1-c1ccc(F)c(F)c1. The summed E-state index contributed by atoms with van der Waals surface area (Å²) in [5.74, 6) is -1.84. The van der Waals surface area contributed by atoms with Crippen LogP contribution in [0.5, 0.6) is 5.75 Å². The van der Waals surface area contributed by atoms with Crippen LogP contribution in [0.3, 0.4) is 0 Å². The maximum Gasteiger partial charge on any atom is 0.266 e. The van der Waals surface area contributed by atoms with E-state index in [1.807, 2.05) is 6.07 Å². The molecule has 0 unspecified atom stereocenters. The van der Waals surface area contributed by atoms with E-state index in [2.05, 4.69) is 10.3 Å². The van der Waals surface area contributed by atoms with Crippen molar-refractivity contribution in [3.8, 4) is 23.1 Å². The van der Waals surface area contributed by atoms with Crippen molar-refractivity contribution in [2.45, 2.75) is 20.0 Å². The molecule has 0 bridgehead atoms. The normalized spacial score (nSPS) is 11.5. The van der Waals surface area contributed by atoms with E-state index in [0.29, 0.717) is 27.7 Å². The van der Waals surface area contributed by atoms with Crippen molar-refractivity contribution >= 4 is 22.4 Å². The monoisotopic (exact) mass is 399 g/mol. The number of nitriles is 1. The molecule has 142 valence electrons. The van der Waals surface area contributed by atoms with Crippen LogP contribution in [0.25, 0.3) is 11.3 Å². The lowest BCUT2D eigenvalue weighted by Gasteiger charge is -2.13. The summed E-state index contributed by atoms with van der Waals surface area (Å²) in [5, 5.41) is 11.8. The molecule has 0 aliphatic carbocycles. The van der Waals surface area contributed by atoms with Crippen LogP contribution in [0.1, 0.15) is 17.4 Å². The molecule has 0 saturated carbocycles. The number of carbonyl (C=O) groups excluding carboxylic acids is 1. The molecule has 1 amide bonds. The number of ether oxygens (including phenoxy) is 1. The number of nitrogens with one attached hydrogen (secondary N) is 1. The summed E-state index contributed by atoms with van der Waals surface area (Å²) < 4.78 is 32.2. The lowest BCUT2D eigenvalue weighted by molar-refractivity contribution is -0.122. The second-order valence-corrected chi connectivity index (χ2v) is 7.14. The van der Waals surface area contributed by atoms with Crippen LogP contribution in [-0.4, -0.2) is 17.0 Å². The summed E-state index contributed by atoms with van der Waals surface area (Å²) in [6, 6.07) is 12.0. The number of anilines is 1. The van der Waals surface area contributed by atoms with Gasteiger partial charge in [-0.2, -0.15) is 5.26 Å². The van der Waals surface area contributed by atoms with Crippen LogP contribution in [0.2, 0.25) is 0 Å². The van der Waals surface area contributed by atoms with E-state index in [0.717, 1.165) is 17.0 Å². The first-order chi connectivity index (χ1) is 13.4. The lowest BCUT2D eigenvalue weighted by Crippen LogP contribution is -2.30. The molecular weight excluding hydrogens is 384 g/mol. The molecule has 3 rings (SSSR count). The first kappa shape index (κ1) is 19.5. The molecule has 0 saturated heterocycles. The molecule has 28 heavy (non-hydrogen) atoms. The van der Waals surface area contributed by atoms with Gasteiger partial charge in [0.25, 0.3) is 5.91 Å². The van der Waals surface area contributed by atoms with Crippen molar-refractivity contribution in [3.05, 3.63) is 64.5 Å². The summed E-state index contributed by atoms with van der Waals surface area (Å²) in [7, 11) is 0. The number of rotatable bonds is 5. The maximum absolute atomic E-state index is 13.5. The molecule has 0 spiro atoms. The molecule has 1 N–H and O–H groups in total. The van der Waals surface area contributed by atoms with Gasteiger partial charge in [-0.05, 0) is 56.3 Å². The largest absolute Gasteiger partial charge is 0.481 e. The summed E-state index contributed by atoms with van der Waals surface area (Å²) in [6.07, 6.45) is -0.802. The quantitative estimate of drug-likeness (QED) is 0.676. The van der Waals surface area contributed by atoms with E-state index >= 15 is 0 Å². The van der Waals surface area contributed by atoms with Crippen molar-refractivity contribution in [3.63, 3.8) is 0 Å². The van der Waals surface area contributed by atoms with Gasteiger partial charge >= 0.3 is 0 Å². The zero-order chi connectivity index (χ0) is 20.3. The predicted octanol–water partition coefficient (Wildman–Crippen LogP) is 4.67. The molecule has 0 aliphatic rings. The summed E-state index contributed by atoms with van der Waals surface area (Å²) in [4.78, 5) is 17.4. The molecule has 0 radical (unpaired) electrons. The fourth-order valence-electron chi connectivity index (χ4n) is 2.43. The number of halogens is 2. The highest BCUT2D eigenvalue weighted by molar-refractivity contribution is 7.16. The number of thiazole rings is 1. The highest BCUT2D eigenvalue weighted by Gasteiger charge is 2.18. The number of hydrogen-bond acceptors (Lipinski definition) is 5. The standard InChI is InChI=1S/C20H15F2N3O2S/c1-11(27-15-6-3-13(10-23)4-7-15)19(26)25-20-24-18(12(2)28-20)14-5-8-16(21)17(22)9-14/h3-9,11H,1-2H3,(H,24,25,26)/t11-/m1/s1. The Morgan fingerprint density at radius 1 is 1.21 bits per heavy atom. The van der Waals surface area contributed by atoms with Crippen LogP contribution >= 0.6 is 11.3 Å². The first-order valence-corrected chi connectivity index (χ1v) is 9.09. The number of amides is 1. The molecule has 1 heterocycles. The number of hydrogen-bond donors (Lipinski definition) is 1. The smallest absolute Gasteiger partial charge is 0.266 e. The molecule has 0 fully saturated rings. The van der Waals surface area contributed by atoms with Gasteiger partial charge in [0.05, 0.1) is 17.3 Å². The maximum atomic E-state index is 13.5. The van der Waals surface area contributed by atoms with E-state index in [1.54, 1.807) is 38.1 Å². The van der Waals surface area contributed by atoms with E-state index in [1.165, 1.54) is 17.4 Å². The summed E-state index contributed by atoms with van der Waals surface area (Å²) >= 11 is 1.23. The van der Waals surface area contributed by atoms with Gasteiger partial charge in [0, 0.05) is 10.4 Å². The van der Waals surface area contributed by atoms with Crippen LogP contribution in [0.15, 0.2) is 42.5 Å². The highest BCUT2D eigenvalue weighted by Crippen LogP contribution is 2.31. The number of aromatic nitrogens is 1. The fraction of sp³-hybridized carbons (Fsp3) is 0.150. The molecule has 0 aliphatic heterocycles. The van der Waals surface area contributed by atoms with Crippen LogP contribution in [0.4, 0.5) is 13.9 Å². The van der Waals surface area contributed by atoms with E-state index in [-0.39, 0.29) is 0 Å². The molecule has 3 aromatic rings. The van der Waals surface area contributed by atoms with Crippen molar-refractivity contribution in [2.75, 3.05) is 5.32 Å². The van der Waals surface area contributed by atoms with Gasteiger partial charge in [-0.25, -0.2) is 13.8 Å². The minimum absolute atomic E-state index is 0.331. The topological polar surface area (TPSA) is 75.0 Å². The van der Waals surface area contributed by atoms with E-state index in [4.69, 9.17) is 10.00 Å². The van der Waals surface area contributed by atoms with Gasteiger partial charge in [0.1, 0.15) is 5.75 Å². The van der Waals surface area contributed by atoms with Gasteiger partial charge in [-0.1, -0.05) is 0 Å². The Bertz CT molecular complexity index is 1060. The van der Waals surface area contributed by atoms with Crippen molar-refractivity contribution in [2.24, 2.45) is 0 Å². The van der Waals surface area contributed by atoms with Gasteiger partial charge < -0.3 is 4.74 Å². The average Bonchev–Trinajstić information content (AvgIpc) is 3.04. The minimum Gasteiger partial charge on any atom is -0.481 e. The number of aryl methyl sites for hydroxylation is 1. The minimum atomic E-state index is -0.958. The Balaban J connectivity index is 1.70. The van der Waals surface area contributed by atoms with Crippen molar-refractivity contribution < 1.29 is 18.3 Å². The molecule has 8 heteroatoms. The van der Waals surface area contributed by atoms with Crippen LogP contribution in [-0.2, 0) is 4.79 Å². The Morgan fingerprint density at radius 3 is 2.57 bits per heavy atom. The second-order valence-electron chi connectivity index (χ2n) is 5.94. The van der Waals surface area contributed by atoms with Crippen molar-refractivity contribution in [1.82, 2.24) is 4.98 Å². The number of nitrogens with zero attached hydrogens (tertiary/aromatic N) is 2. The van der Waals surface area contributed by atoms with Crippen LogP contribution < -0.4 is 10.1 Å². The molecule has 2 aromatic carbocycles. The van der Waals surface area contributed by atoms with Gasteiger partial charge in [-0.15, -0.1) is 11.3 Å². The predicted molar refractivity (Wildman–Crippen MR) is 102 cm³/mol. The zero-order valence-corrected chi connectivity index (χ0v) is 15.8. The fourth-order valence-corrected chi connectivity index (χ4v) is 3.27. The average molecular weight is 399 g/mol. The molecule has 1 aromatic heterocycles. The van der Waals surface area contributed by atoms with E-state index < -0.39 is 23.6 Å². The highest BCUT2D eigenvalue weighted by atomic mass is 32.1. The Kier molecular flexibility index (Phi) is 5.66. The lowest BCUT2D eigenvalue weighted by atomic mass is 10.1. The first-order valence-electron chi connectivity index (χ1n) is 8.28.